The Hall–Kier alpha value is -3.70. The Kier molecular flexibility index (Phi) is 6.66. The highest BCUT2D eigenvalue weighted by Crippen LogP contribution is 2.36. The number of aromatic nitrogens is 2. The van der Waals surface area contributed by atoms with Crippen molar-refractivity contribution in [1.29, 1.82) is 0 Å². The van der Waals surface area contributed by atoms with Crippen LogP contribution in [-0.2, 0) is 16.6 Å². The minimum Gasteiger partial charge on any atom is -0.287 e. The smallest absolute Gasteiger partial charge is 0.284 e. The van der Waals surface area contributed by atoms with Crippen LogP contribution in [0.3, 0.4) is 0 Å². The number of rotatable bonds is 8. The lowest BCUT2D eigenvalue weighted by Crippen LogP contribution is -2.23. The minimum absolute atomic E-state index is 0.177. The van der Waals surface area contributed by atoms with Gasteiger partial charge in [-0.2, -0.15) is 0 Å². The van der Waals surface area contributed by atoms with Gasteiger partial charge < -0.3 is 0 Å². The first kappa shape index (κ1) is 23.5. The van der Waals surface area contributed by atoms with E-state index in [1.54, 1.807) is 54.6 Å². The fourth-order valence-electron chi connectivity index (χ4n) is 3.36. The van der Waals surface area contributed by atoms with Crippen LogP contribution in [-0.4, -0.2) is 22.9 Å². The lowest BCUT2D eigenvalue weighted by molar-refractivity contribution is -0.388. The van der Waals surface area contributed by atoms with E-state index in [0.29, 0.717) is 34.7 Å². The maximum atomic E-state index is 13.0. The van der Waals surface area contributed by atoms with Gasteiger partial charge in [-0.25, -0.2) is 13.4 Å². The molecule has 11 heteroatoms. The van der Waals surface area contributed by atoms with Crippen LogP contribution in [0.2, 0.25) is 0 Å². The Balaban J connectivity index is 1.76. The Morgan fingerprint density at radius 2 is 1.76 bits per heavy atom. The van der Waals surface area contributed by atoms with Crippen molar-refractivity contribution in [2.24, 2.45) is 0 Å². The van der Waals surface area contributed by atoms with E-state index in [-0.39, 0.29) is 15.4 Å². The van der Waals surface area contributed by atoms with E-state index >= 15 is 0 Å². The van der Waals surface area contributed by atoms with Gasteiger partial charge in [0.2, 0.25) is 0 Å². The fourth-order valence-corrected chi connectivity index (χ4v) is 5.44. The molecule has 3 aromatic carbocycles. The number of nitrogens with zero attached hydrogens (tertiary/aromatic N) is 3. The number of hydrogen-bond acceptors (Lipinski definition) is 7. The van der Waals surface area contributed by atoms with Crippen molar-refractivity contribution in [3.8, 4) is 0 Å². The molecule has 1 aromatic heterocycles. The molecule has 0 spiro atoms. The van der Waals surface area contributed by atoms with Crippen molar-refractivity contribution in [2.75, 3.05) is 4.72 Å². The molecular weight excluding hydrogens is 476 g/mol. The summed E-state index contributed by atoms with van der Waals surface area (Å²) in [7, 11) is -4.05. The molecule has 0 unspecified atom stereocenters. The lowest BCUT2D eigenvalue weighted by Gasteiger charge is -2.13. The maximum Gasteiger partial charge on any atom is 0.284 e. The summed E-state index contributed by atoms with van der Waals surface area (Å²) >= 11 is 0.956. The summed E-state index contributed by atoms with van der Waals surface area (Å²) in [4.78, 5) is 28.7. The Labute approximate surface area is 199 Å². The van der Waals surface area contributed by atoms with E-state index in [1.807, 2.05) is 6.92 Å². The SMILES string of the molecule is CCCn1c(Sc2ccc(S(=O)(=O)Nc3ccccc3)cc2[N+](=O)[O-])nc2ccccc2c1=O. The topological polar surface area (TPSA) is 124 Å². The van der Waals surface area contributed by atoms with Gasteiger partial charge >= 0.3 is 0 Å². The van der Waals surface area contributed by atoms with E-state index < -0.39 is 20.6 Å². The molecule has 0 aliphatic heterocycles. The van der Waals surface area contributed by atoms with Crippen LogP contribution in [0.4, 0.5) is 11.4 Å². The Morgan fingerprint density at radius 3 is 2.47 bits per heavy atom. The van der Waals surface area contributed by atoms with Crippen molar-refractivity contribution in [2.45, 2.75) is 34.8 Å². The van der Waals surface area contributed by atoms with Gasteiger partial charge in [0.15, 0.2) is 5.16 Å². The van der Waals surface area contributed by atoms with Crippen molar-refractivity contribution in [3.63, 3.8) is 0 Å². The minimum atomic E-state index is -4.05. The number of sulfonamides is 1. The van der Waals surface area contributed by atoms with Gasteiger partial charge in [-0.1, -0.05) is 37.3 Å². The second kappa shape index (κ2) is 9.65. The molecule has 0 aliphatic rings. The number of anilines is 1. The van der Waals surface area contributed by atoms with Crippen molar-refractivity contribution in [1.82, 2.24) is 9.55 Å². The number of nitro benzene ring substituents is 1. The monoisotopic (exact) mass is 496 g/mol. The summed E-state index contributed by atoms with van der Waals surface area (Å²) < 4.78 is 29.4. The molecule has 4 rings (SSSR count). The van der Waals surface area contributed by atoms with Crippen molar-refractivity contribution >= 4 is 44.1 Å². The van der Waals surface area contributed by atoms with E-state index in [9.17, 15) is 23.3 Å². The van der Waals surface area contributed by atoms with Gasteiger partial charge in [0, 0.05) is 18.3 Å². The first-order valence-corrected chi connectivity index (χ1v) is 12.6. The summed E-state index contributed by atoms with van der Waals surface area (Å²) in [5, 5.41) is 12.6. The number of nitrogens with one attached hydrogen (secondary N) is 1. The van der Waals surface area contributed by atoms with Crippen LogP contribution in [0.15, 0.2) is 92.5 Å². The maximum absolute atomic E-state index is 13.0. The number of benzene rings is 3. The number of fused-ring (bicyclic) bond motifs is 1. The third-order valence-electron chi connectivity index (χ3n) is 4.94. The fraction of sp³-hybridized carbons (Fsp3) is 0.130. The van der Waals surface area contributed by atoms with Gasteiger partial charge in [-0.15, -0.1) is 0 Å². The summed E-state index contributed by atoms with van der Waals surface area (Å²) in [6.45, 7) is 2.30. The summed E-state index contributed by atoms with van der Waals surface area (Å²) in [6.07, 6.45) is 0.665. The average Bonchev–Trinajstić information content (AvgIpc) is 2.82. The second-order valence-electron chi connectivity index (χ2n) is 7.33. The Bertz CT molecular complexity index is 1540. The summed E-state index contributed by atoms with van der Waals surface area (Å²) in [6, 6.07) is 18.8. The zero-order valence-electron chi connectivity index (χ0n) is 18.0. The first-order chi connectivity index (χ1) is 16.3. The lowest BCUT2D eigenvalue weighted by atomic mass is 10.2. The molecule has 9 nitrogen and oxygen atoms in total. The molecule has 174 valence electrons. The predicted octanol–water partition coefficient (Wildman–Crippen LogP) is 4.67. The van der Waals surface area contributed by atoms with Crippen LogP contribution in [0, 0.1) is 10.1 Å². The van der Waals surface area contributed by atoms with Gasteiger partial charge in [0.1, 0.15) is 0 Å². The third kappa shape index (κ3) is 4.80. The van der Waals surface area contributed by atoms with E-state index in [2.05, 4.69) is 9.71 Å². The predicted molar refractivity (Wildman–Crippen MR) is 131 cm³/mol. The number of para-hydroxylation sites is 2. The normalized spacial score (nSPS) is 11.4. The molecule has 0 fully saturated rings. The van der Waals surface area contributed by atoms with E-state index in [1.165, 1.54) is 16.7 Å². The molecule has 0 saturated heterocycles. The molecule has 0 radical (unpaired) electrons. The molecule has 0 saturated carbocycles. The summed E-state index contributed by atoms with van der Waals surface area (Å²) in [5.74, 6) is 0. The zero-order valence-corrected chi connectivity index (χ0v) is 19.7. The second-order valence-corrected chi connectivity index (χ2v) is 10.0. The zero-order chi connectivity index (χ0) is 24.3. The molecule has 34 heavy (non-hydrogen) atoms. The van der Waals surface area contributed by atoms with Crippen molar-refractivity contribution < 1.29 is 13.3 Å². The van der Waals surface area contributed by atoms with Crippen LogP contribution >= 0.6 is 11.8 Å². The summed E-state index contributed by atoms with van der Waals surface area (Å²) in [5.41, 5.74) is 0.194. The molecule has 1 N–H and O–H groups in total. The average molecular weight is 497 g/mol. The Morgan fingerprint density at radius 1 is 1.06 bits per heavy atom. The van der Waals surface area contributed by atoms with Crippen LogP contribution in [0.1, 0.15) is 13.3 Å². The highest BCUT2D eigenvalue weighted by atomic mass is 32.2. The van der Waals surface area contributed by atoms with Crippen molar-refractivity contribution in [3.05, 3.63) is 93.3 Å². The highest BCUT2D eigenvalue weighted by molar-refractivity contribution is 7.99. The highest BCUT2D eigenvalue weighted by Gasteiger charge is 2.24. The van der Waals surface area contributed by atoms with Crippen LogP contribution in [0.5, 0.6) is 0 Å². The molecule has 4 aromatic rings. The molecular formula is C23H20N4O5S2. The van der Waals surface area contributed by atoms with Gasteiger partial charge in [-0.3, -0.25) is 24.2 Å². The third-order valence-corrected chi connectivity index (χ3v) is 7.38. The molecule has 0 atom stereocenters. The first-order valence-electron chi connectivity index (χ1n) is 10.3. The molecule has 0 bridgehead atoms. The largest absolute Gasteiger partial charge is 0.287 e. The molecule has 1 heterocycles. The van der Waals surface area contributed by atoms with Gasteiger partial charge in [0.25, 0.3) is 21.3 Å². The molecule has 0 aliphatic carbocycles. The van der Waals surface area contributed by atoms with Crippen LogP contribution < -0.4 is 10.3 Å². The molecule has 0 amide bonds. The number of nitro groups is 1. The quantitative estimate of drug-likeness (QED) is 0.214. The van der Waals surface area contributed by atoms with Crippen LogP contribution in [0.25, 0.3) is 10.9 Å². The number of hydrogen-bond donors (Lipinski definition) is 1. The van der Waals surface area contributed by atoms with Gasteiger partial charge in [0.05, 0.1) is 25.6 Å². The van der Waals surface area contributed by atoms with Gasteiger partial charge in [-0.05, 0) is 54.6 Å². The van der Waals surface area contributed by atoms with E-state index in [4.69, 9.17) is 0 Å². The standard InChI is InChI=1S/C23H20N4O5S2/c1-2-14-26-22(28)18-10-6-7-11-19(18)24-23(26)33-21-13-12-17(15-20(21)27(29)30)34(31,32)25-16-8-4-3-5-9-16/h3-13,15,25H,2,14H2,1H3. The van der Waals surface area contributed by atoms with E-state index in [0.717, 1.165) is 17.8 Å².